The van der Waals surface area contributed by atoms with Crippen LogP contribution in [0.3, 0.4) is 0 Å². The molecule has 1 nitrogen and oxygen atoms in total. The molecular weight excluding hydrogens is 256 g/mol. The summed E-state index contributed by atoms with van der Waals surface area (Å²) in [5, 5.41) is 0. The zero-order valence-electron chi connectivity index (χ0n) is 15.4. The van der Waals surface area contributed by atoms with Gasteiger partial charge in [-0.2, -0.15) is 0 Å². The fraction of sp³-hybridized carbons (Fsp3) is 0.800. The van der Waals surface area contributed by atoms with Gasteiger partial charge in [-0.3, -0.25) is 0 Å². The molecule has 118 valence electrons. The van der Waals surface area contributed by atoms with Crippen molar-refractivity contribution < 1.29 is 4.42 Å². The Morgan fingerprint density at radius 2 is 1.57 bits per heavy atom. The quantitative estimate of drug-likeness (QED) is 0.566. The number of rotatable bonds is 0. The topological polar surface area (TPSA) is 13.1 Å². The van der Waals surface area contributed by atoms with Crippen molar-refractivity contribution in [2.75, 3.05) is 0 Å². The fourth-order valence-electron chi connectivity index (χ4n) is 4.67. The molecule has 3 rings (SSSR count). The molecule has 0 bridgehead atoms. The third kappa shape index (κ3) is 1.69. The molecule has 21 heavy (non-hydrogen) atoms. The number of hydrogen-bond donors (Lipinski definition) is 0. The van der Waals surface area contributed by atoms with Crippen LogP contribution in [0, 0.1) is 5.41 Å². The van der Waals surface area contributed by atoms with E-state index in [9.17, 15) is 0 Å². The Morgan fingerprint density at radius 3 is 2.10 bits per heavy atom. The first-order chi connectivity index (χ1) is 9.32. The van der Waals surface area contributed by atoms with Crippen molar-refractivity contribution in [1.82, 2.24) is 0 Å². The normalized spacial score (nSPS) is 28.5. The molecule has 1 unspecified atom stereocenters. The molecule has 1 heterocycles. The molecule has 0 N–H and O–H groups in total. The van der Waals surface area contributed by atoms with Gasteiger partial charge in [0.25, 0.3) is 0 Å². The number of furan rings is 1. The Kier molecular flexibility index (Phi) is 2.73. The molecule has 0 saturated carbocycles. The lowest BCUT2D eigenvalue weighted by Gasteiger charge is -2.43. The average molecular weight is 288 g/mol. The second kappa shape index (κ2) is 3.78. The molecule has 0 aromatic carbocycles. The molecule has 1 aromatic heterocycles. The zero-order valence-corrected chi connectivity index (χ0v) is 15.4. The maximum absolute atomic E-state index is 6.57. The van der Waals surface area contributed by atoms with E-state index in [-0.39, 0.29) is 16.2 Å². The van der Waals surface area contributed by atoms with Crippen molar-refractivity contribution in [1.29, 1.82) is 0 Å². The molecule has 1 aromatic rings. The smallest absolute Gasteiger partial charge is 0.113 e. The minimum atomic E-state index is 0.0744. The summed E-state index contributed by atoms with van der Waals surface area (Å²) in [6.45, 7) is 21.4. The van der Waals surface area contributed by atoms with Crippen molar-refractivity contribution >= 4 is 0 Å². The molecular formula is C20H32O. The van der Waals surface area contributed by atoms with Crippen LogP contribution in [0.25, 0.3) is 0 Å². The van der Waals surface area contributed by atoms with Crippen molar-refractivity contribution in [3.05, 3.63) is 22.6 Å². The summed E-state index contributed by atoms with van der Waals surface area (Å²) in [5.41, 5.74) is 3.85. The van der Waals surface area contributed by atoms with Gasteiger partial charge in [0.1, 0.15) is 11.5 Å². The Bertz CT molecular complexity index is 590. The summed E-state index contributed by atoms with van der Waals surface area (Å²) in [7, 11) is 0. The Hall–Kier alpha value is -0.720. The minimum Gasteiger partial charge on any atom is -0.464 e. The van der Waals surface area contributed by atoms with E-state index >= 15 is 0 Å². The van der Waals surface area contributed by atoms with Crippen LogP contribution >= 0.6 is 0 Å². The summed E-state index contributed by atoms with van der Waals surface area (Å²) in [6.07, 6.45) is 2.53. The summed E-state index contributed by atoms with van der Waals surface area (Å²) in [4.78, 5) is 0. The molecule has 0 saturated heterocycles. The van der Waals surface area contributed by atoms with Crippen LogP contribution in [0.4, 0.5) is 0 Å². The van der Waals surface area contributed by atoms with Crippen LogP contribution in [0.5, 0.6) is 0 Å². The van der Waals surface area contributed by atoms with Gasteiger partial charge in [-0.1, -0.05) is 62.3 Å². The van der Waals surface area contributed by atoms with E-state index in [1.165, 1.54) is 29.9 Å². The van der Waals surface area contributed by atoms with Gasteiger partial charge in [0.05, 0.1) is 0 Å². The first-order valence-corrected chi connectivity index (χ1v) is 8.50. The van der Waals surface area contributed by atoms with Gasteiger partial charge in [0.2, 0.25) is 0 Å². The molecule has 1 heteroatoms. The van der Waals surface area contributed by atoms with Crippen LogP contribution in [0.1, 0.15) is 104 Å². The Balaban J connectivity index is 2.38. The third-order valence-corrected chi connectivity index (χ3v) is 6.75. The second-order valence-electron chi connectivity index (χ2n) is 10.1. The predicted molar refractivity (Wildman–Crippen MR) is 89.2 cm³/mol. The molecule has 0 spiro atoms. The highest BCUT2D eigenvalue weighted by Gasteiger charge is 2.59. The minimum absolute atomic E-state index is 0.0744. The van der Waals surface area contributed by atoms with E-state index in [0.717, 1.165) is 0 Å². The first-order valence-electron chi connectivity index (χ1n) is 8.50. The maximum atomic E-state index is 6.57. The second-order valence-corrected chi connectivity index (χ2v) is 10.1. The lowest BCUT2D eigenvalue weighted by atomic mass is 9.61. The molecule has 0 aliphatic heterocycles. The van der Waals surface area contributed by atoms with E-state index in [4.69, 9.17) is 4.42 Å². The van der Waals surface area contributed by atoms with E-state index in [0.29, 0.717) is 11.3 Å². The third-order valence-electron chi connectivity index (χ3n) is 6.75. The van der Waals surface area contributed by atoms with Crippen LogP contribution in [-0.4, -0.2) is 0 Å². The van der Waals surface area contributed by atoms with Crippen LogP contribution in [0.2, 0.25) is 0 Å². The first kappa shape index (κ1) is 15.2. The van der Waals surface area contributed by atoms with Gasteiger partial charge >= 0.3 is 0 Å². The van der Waals surface area contributed by atoms with Crippen molar-refractivity contribution in [2.24, 2.45) is 5.41 Å². The predicted octanol–water partition coefficient (Wildman–Crippen LogP) is 6.05. The van der Waals surface area contributed by atoms with Crippen LogP contribution in [0.15, 0.2) is 4.42 Å². The highest BCUT2D eigenvalue weighted by Crippen LogP contribution is 2.66. The maximum Gasteiger partial charge on any atom is 0.113 e. The monoisotopic (exact) mass is 288 g/mol. The Labute approximate surface area is 130 Å². The lowest BCUT2D eigenvalue weighted by molar-refractivity contribution is 0.143. The summed E-state index contributed by atoms with van der Waals surface area (Å²) in [6, 6.07) is 0. The van der Waals surface area contributed by atoms with Crippen LogP contribution < -0.4 is 0 Å². The average Bonchev–Trinajstić information content (AvgIpc) is 2.74. The van der Waals surface area contributed by atoms with Crippen molar-refractivity contribution in [3.8, 4) is 0 Å². The molecule has 1 atom stereocenters. The van der Waals surface area contributed by atoms with E-state index < -0.39 is 0 Å². The zero-order chi connectivity index (χ0) is 16.0. The summed E-state index contributed by atoms with van der Waals surface area (Å²) >= 11 is 0. The number of hydrogen-bond acceptors (Lipinski definition) is 1. The SMILES string of the molecule is CC(C)(C)c1oc2c3c1C(C)(C)C(C)(C)C3CCC2(C)C. The van der Waals surface area contributed by atoms with Gasteiger partial charge in [0.15, 0.2) is 0 Å². The molecule has 2 aliphatic carbocycles. The van der Waals surface area contributed by atoms with Gasteiger partial charge in [-0.25, -0.2) is 0 Å². The molecule has 0 radical (unpaired) electrons. The lowest BCUT2D eigenvalue weighted by Crippen LogP contribution is -2.38. The van der Waals surface area contributed by atoms with E-state index in [1.54, 1.807) is 5.56 Å². The van der Waals surface area contributed by atoms with Gasteiger partial charge < -0.3 is 4.42 Å². The highest BCUT2D eigenvalue weighted by molar-refractivity contribution is 5.54. The van der Waals surface area contributed by atoms with Crippen LogP contribution in [-0.2, 0) is 16.2 Å². The van der Waals surface area contributed by atoms with Gasteiger partial charge in [-0.15, -0.1) is 0 Å². The molecule has 0 fully saturated rings. The summed E-state index contributed by atoms with van der Waals surface area (Å²) in [5.74, 6) is 3.19. The summed E-state index contributed by atoms with van der Waals surface area (Å²) < 4.78 is 6.57. The van der Waals surface area contributed by atoms with Crippen molar-refractivity contribution in [2.45, 2.75) is 97.3 Å². The van der Waals surface area contributed by atoms with Crippen molar-refractivity contribution in [3.63, 3.8) is 0 Å². The van der Waals surface area contributed by atoms with Gasteiger partial charge in [-0.05, 0) is 29.6 Å². The largest absolute Gasteiger partial charge is 0.464 e. The van der Waals surface area contributed by atoms with E-state index in [2.05, 4.69) is 62.3 Å². The van der Waals surface area contributed by atoms with E-state index in [1.807, 2.05) is 0 Å². The standard InChI is InChI=1S/C20H32O/c1-17(2,3)16-14-13-12(19(6,7)20(14,8)9)10-11-18(4,5)15(13)21-16/h12H,10-11H2,1-9H3. The van der Waals surface area contributed by atoms with Gasteiger partial charge in [0, 0.05) is 22.0 Å². The molecule has 2 aliphatic rings. The fourth-order valence-corrected chi connectivity index (χ4v) is 4.67. The Morgan fingerprint density at radius 1 is 1.00 bits per heavy atom. The highest BCUT2D eigenvalue weighted by atomic mass is 16.3. The molecule has 0 amide bonds.